The molecule has 0 spiro atoms. The Bertz CT molecular complexity index is 1240. The van der Waals surface area contributed by atoms with E-state index in [1.165, 1.54) is 7.11 Å². The average molecular weight is 444 g/mol. The zero-order valence-electron chi connectivity index (χ0n) is 17.6. The van der Waals surface area contributed by atoms with E-state index in [-0.39, 0.29) is 5.04 Å². The van der Waals surface area contributed by atoms with Crippen LogP contribution in [0.5, 0.6) is 0 Å². The molecule has 3 aromatic carbocycles. The van der Waals surface area contributed by atoms with Crippen molar-refractivity contribution in [1.29, 1.82) is 0 Å². The topological polar surface area (TPSA) is 81.4 Å². The number of hydrazone groups is 1. The van der Waals surface area contributed by atoms with E-state index in [0.29, 0.717) is 11.0 Å². The van der Waals surface area contributed by atoms with Gasteiger partial charge < -0.3 is 4.74 Å². The van der Waals surface area contributed by atoms with E-state index in [1.807, 2.05) is 96.4 Å². The van der Waals surface area contributed by atoms with Crippen molar-refractivity contribution in [3.05, 3.63) is 90.5 Å². The molecule has 0 amide bonds. The molecule has 0 unspecified atom stereocenters. The highest BCUT2D eigenvalue weighted by molar-refractivity contribution is 8.15. The quantitative estimate of drug-likeness (QED) is 0.155. The van der Waals surface area contributed by atoms with Crippen LogP contribution in [0.2, 0.25) is 0 Å². The second kappa shape index (κ2) is 9.93. The summed E-state index contributed by atoms with van der Waals surface area (Å²) in [6.07, 6.45) is 0. The average Bonchev–Trinajstić information content (AvgIpc) is 3.26. The number of benzene rings is 3. The van der Waals surface area contributed by atoms with Crippen molar-refractivity contribution in [1.82, 2.24) is 14.8 Å². The van der Waals surface area contributed by atoms with Gasteiger partial charge in [-0.1, -0.05) is 60.7 Å². The Morgan fingerprint density at radius 2 is 1.69 bits per heavy atom. The molecule has 1 N–H and O–H groups in total. The first-order valence-corrected chi connectivity index (χ1v) is 10.7. The van der Waals surface area contributed by atoms with Crippen LogP contribution in [0.4, 0.5) is 5.69 Å². The monoisotopic (exact) mass is 443 g/mol. The van der Waals surface area contributed by atoms with Crippen molar-refractivity contribution in [3.8, 4) is 17.1 Å². The van der Waals surface area contributed by atoms with Gasteiger partial charge in [-0.25, -0.2) is 4.79 Å². The zero-order valence-corrected chi connectivity index (χ0v) is 18.4. The van der Waals surface area contributed by atoms with E-state index in [9.17, 15) is 4.79 Å². The normalized spacial score (nSPS) is 11.2. The molecule has 0 aliphatic rings. The first-order chi connectivity index (χ1) is 15.7. The predicted molar refractivity (Wildman–Crippen MR) is 127 cm³/mol. The number of anilines is 1. The number of hydrogen-bond acceptors (Lipinski definition) is 7. The summed E-state index contributed by atoms with van der Waals surface area (Å²) in [5.41, 5.74) is 6.55. The number of aromatic nitrogens is 3. The van der Waals surface area contributed by atoms with Crippen molar-refractivity contribution >= 4 is 28.5 Å². The minimum Gasteiger partial charge on any atom is -0.464 e. The fourth-order valence-corrected chi connectivity index (χ4v) is 3.83. The van der Waals surface area contributed by atoms with Gasteiger partial charge in [0.1, 0.15) is 0 Å². The highest BCUT2D eigenvalue weighted by atomic mass is 32.2. The van der Waals surface area contributed by atoms with Crippen LogP contribution in [0, 0.1) is 6.92 Å². The van der Waals surface area contributed by atoms with Crippen LogP contribution in [0.25, 0.3) is 17.1 Å². The van der Waals surface area contributed by atoms with Gasteiger partial charge in [0.15, 0.2) is 5.82 Å². The Labute approximate surface area is 190 Å². The molecule has 160 valence electrons. The zero-order chi connectivity index (χ0) is 22.3. The van der Waals surface area contributed by atoms with Gasteiger partial charge in [-0.15, -0.1) is 10.2 Å². The molecule has 1 aromatic heterocycles. The number of rotatable bonds is 5. The predicted octanol–water partition coefficient (Wildman–Crippen LogP) is 4.93. The summed E-state index contributed by atoms with van der Waals surface area (Å²) >= 11 is 1.08. The molecule has 0 saturated heterocycles. The molecule has 0 atom stereocenters. The molecule has 0 aliphatic heterocycles. The Morgan fingerprint density at radius 1 is 0.969 bits per heavy atom. The molecule has 0 bridgehead atoms. The molecular weight excluding hydrogens is 422 g/mol. The lowest BCUT2D eigenvalue weighted by Gasteiger charge is -2.11. The van der Waals surface area contributed by atoms with Crippen LogP contribution in [-0.4, -0.2) is 32.9 Å². The molecule has 0 saturated carbocycles. The molecule has 7 nitrogen and oxygen atoms in total. The number of ether oxygens (including phenoxy) is 1. The van der Waals surface area contributed by atoms with E-state index in [2.05, 4.69) is 20.7 Å². The number of carbonyl (C=O) groups is 1. The highest BCUT2D eigenvalue weighted by Crippen LogP contribution is 2.29. The van der Waals surface area contributed by atoms with Crippen LogP contribution >= 0.6 is 11.8 Å². The molecule has 4 rings (SSSR count). The molecule has 8 heteroatoms. The van der Waals surface area contributed by atoms with Gasteiger partial charge in [-0.3, -0.25) is 9.99 Å². The Hall–Kier alpha value is -3.91. The second-order valence-corrected chi connectivity index (χ2v) is 7.79. The summed E-state index contributed by atoms with van der Waals surface area (Å²) in [5, 5.41) is 13.6. The maximum atomic E-state index is 12.5. The highest BCUT2D eigenvalue weighted by Gasteiger charge is 2.22. The maximum Gasteiger partial charge on any atom is 0.365 e. The third-order valence-corrected chi connectivity index (χ3v) is 5.43. The van der Waals surface area contributed by atoms with E-state index in [0.717, 1.165) is 34.3 Å². The lowest BCUT2D eigenvalue weighted by molar-refractivity contribution is -0.132. The van der Waals surface area contributed by atoms with Gasteiger partial charge in [0.25, 0.3) is 0 Å². The Kier molecular flexibility index (Phi) is 6.62. The van der Waals surface area contributed by atoms with Gasteiger partial charge in [0.2, 0.25) is 10.2 Å². The minimum absolute atomic E-state index is 0.109. The van der Waals surface area contributed by atoms with E-state index in [1.54, 1.807) is 0 Å². The number of aryl methyl sites for hydroxylation is 1. The molecule has 4 aromatic rings. The van der Waals surface area contributed by atoms with Crippen molar-refractivity contribution < 1.29 is 9.53 Å². The van der Waals surface area contributed by atoms with E-state index in [4.69, 9.17) is 4.74 Å². The van der Waals surface area contributed by atoms with E-state index >= 15 is 0 Å². The summed E-state index contributed by atoms with van der Waals surface area (Å²) in [6, 6.07) is 27.2. The number of hydrogen-bond donors (Lipinski definition) is 1. The number of methoxy groups -OCH3 is 1. The second-order valence-electron chi connectivity index (χ2n) is 6.84. The number of nitrogens with zero attached hydrogens (tertiary/aromatic N) is 4. The fourth-order valence-electron chi connectivity index (χ4n) is 3.03. The SMILES string of the molecule is COC(=O)/C(=N\Nc1cccc(C)c1)Sc1nnc(-c2ccccc2)n1-c1ccccc1. The van der Waals surface area contributed by atoms with Gasteiger partial charge in [-0.2, -0.15) is 5.10 Å². The smallest absolute Gasteiger partial charge is 0.365 e. The van der Waals surface area contributed by atoms with E-state index < -0.39 is 5.97 Å². The molecule has 1 heterocycles. The maximum absolute atomic E-state index is 12.5. The molecule has 32 heavy (non-hydrogen) atoms. The van der Waals surface area contributed by atoms with Crippen LogP contribution < -0.4 is 5.43 Å². The number of nitrogens with one attached hydrogen (secondary N) is 1. The summed E-state index contributed by atoms with van der Waals surface area (Å²) in [6.45, 7) is 1.98. The van der Waals surface area contributed by atoms with Crippen LogP contribution in [0.1, 0.15) is 5.56 Å². The van der Waals surface area contributed by atoms with Gasteiger partial charge in [-0.05, 0) is 48.5 Å². The molecular formula is C24H21N5O2S. The van der Waals surface area contributed by atoms with Crippen molar-refractivity contribution in [2.24, 2.45) is 5.10 Å². The first-order valence-electron chi connectivity index (χ1n) is 9.88. The third kappa shape index (κ3) is 4.87. The van der Waals surface area contributed by atoms with Crippen LogP contribution in [-0.2, 0) is 9.53 Å². The Morgan fingerprint density at radius 3 is 2.38 bits per heavy atom. The van der Waals surface area contributed by atoms with Crippen molar-refractivity contribution in [2.45, 2.75) is 12.1 Å². The number of carbonyl (C=O) groups excluding carboxylic acids is 1. The summed E-state index contributed by atoms with van der Waals surface area (Å²) < 4.78 is 6.84. The molecule has 0 fully saturated rings. The number of esters is 1. The van der Waals surface area contributed by atoms with Gasteiger partial charge in [0.05, 0.1) is 12.8 Å². The van der Waals surface area contributed by atoms with Crippen LogP contribution in [0.3, 0.4) is 0 Å². The minimum atomic E-state index is -0.570. The molecule has 0 radical (unpaired) electrons. The fraction of sp³-hybridized carbons (Fsp3) is 0.0833. The lowest BCUT2D eigenvalue weighted by atomic mass is 10.2. The first kappa shape index (κ1) is 21.3. The largest absolute Gasteiger partial charge is 0.464 e. The lowest BCUT2D eigenvalue weighted by Crippen LogP contribution is -2.15. The molecule has 0 aliphatic carbocycles. The van der Waals surface area contributed by atoms with Crippen molar-refractivity contribution in [3.63, 3.8) is 0 Å². The summed E-state index contributed by atoms with van der Waals surface area (Å²) in [7, 11) is 1.32. The summed E-state index contributed by atoms with van der Waals surface area (Å²) in [5.74, 6) is 0.0918. The van der Waals surface area contributed by atoms with Crippen molar-refractivity contribution in [2.75, 3.05) is 12.5 Å². The third-order valence-electron chi connectivity index (χ3n) is 4.53. The standard InChI is InChI=1S/C24H21N5O2S/c1-17-10-9-13-19(16-17)25-27-22(23(30)31-2)32-24-28-26-21(18-11-5-3-6-12-18)29(24)20-14-7-4-8-15-20/h3-16,25H,1-2H3/b27-22+. The van der Waals surface area contributed by atoms with Gasteiger partial charge in [0, 0.05) is 11.3 Å². The number of thioether (sulfide) groups is 1. The summed E-state index contributed by atoms with van der Waals surface area (Å²) in [4.78, 5) is 12.5. The number of para-hydroxylation sites is 1. The Balaban J connectivity index is 1.73. The van der Waals surface area contributed by atoms with Gasteiger partial charge >= 0.3 is 5.97 Å². The van der Waals surface area contributed by atoms with Crippen LogP contribution in [0.15, 0.2) is 95.2 Å².